The van der Waals surface area contributed by atoms with Crippen molar-refractivity contribution in [2.75, 3.05) is 11.4 Å². The molecule has 6 heteroatoms. The van der Waals surface area contributed by atoms with E-state index in [0.717, 1.165) is 12.1 Å². The van der Waals surface area contributed by atoms with E-state index >= 15 is 0 Å². The van der Waals surface area contributed by atoms with Crippen molar-refractivity contribution in [3.8, 4) is 0 Å². The van der Waals surface area contributed by atoms with Crippen LogP contribution in [0.5, 0.6) is 0 Å². The lowest BCUT2D eigenvalue weighted by molar-refractivity contribution is -0.122. The third-order valence-corrected chi connectivity index (χ3v) is 5.83. The van der Waals surface area contributed by atoms with Crippen LogP contribution in [0.4, 0.5) is 5.69 Å². The number of amides is 1. The standard InChI is InChI=1S/C21H17ClN2O3/c22-16-6-2-3-7-17(16)24-14-9-18(21(24)26)23(11-14)10-13-12-27-19-8-4-1-5-15(19)20(13)25/h1-8,12,14,18H,9-11H2/t14-,18-/m0/s1. The Hall–Kier alpha value is -2.63. The Kier molecular flexibility index (Phi) is 3.81. The van der Waals surface area contributed by atoms with Gasteiger partial charge in [0.05, 0.1) is 34.4 Å². The van der Waals surface area contributed by atoms with Crippen LogP contribution in [0.3, 0.4) is 0 Å². The SMILES string of the molecule is O=C1[C@@H]2C[C@@H](CN2Cc2coc3ccccc3c2=O)N1c1ccccc1Cl. The lowest BCUT2D eigenvalue weighted by atomic mass is 10.1. The largest absolute Gasteiger partial charge is 0.464 e. The Morgan fingerprint density at radius 2 is 1.85 bits per heavy atom. The molecule has 0 N–H and O–H groups in total. The second-order valence-corrected chi connectivity index (χ2v) is 7.49. The molecule has 0 unspecified atom stereocenters. The van der Waals surface area contributed by atoms with Crippen molar-refractivity contribution in [3.05, 3.63) is 75.6 Å². The summed E-state index contributed by atoms with van der Waals surface area (Å²) >= 11 is 6.29. The average Bonchev–Trinajstić information content (AvgIpc) is 3.22. The van der Waals surface area contributed by atoms with Gasteiger partial charge in [-0.25, -0.2) is 0 Å². The molecule has 2 bridgehead atoms. The summed E-state index contributed by atoms with van der Waals surface area (Å²) in [4.78, 5) is 29.6. The van der Waals surface area contributed by atoms with Crippen LogP contribution < -0.4 is 10.3 Å². The van der Waals surface area contributed by atoms with Crippen molar-refractivity contribution in [3.63, 3.8) is 0 Å². The number of hydrogen-bond acceptors (Lipinski definition) is 4. The van der Waals surface area contributed by atoms with Gasteiger partial charge in [-0.2, -0.15) is 0 Å². The first-order valence-corrected chi connectivity index (χ1v) is 9.32. The molecule has 1 aromatic heterocycles. The molecule has 1 amide bonds. The number of likely N-dealkylation sites (tertiary alicyclic amines) is 1. The molecule has 2 aliphatic heterocycles. The van der Waals surface area contributed by atoms with Crippen LogP contribution >= 0.6 is 11.6 Å². The van der Waals surface area contributed by atoms with Crippen LogP contribution in [0.25, 0.3) is 11.0 Å². The molecular formula is C21H17ClN2O3. The number of carbonyl (C=O) groups is 1. The zero-order valence-corrected chi connectivity index (χ0v) is 15.2. The fourth-order valence-electron chi connectivity index (χ4n) is 4.25. The van der Waals surface area contributed by atoms with Crippen molar-refractivity contribution < 1.29 is 9.21 Å². The smallest absolute Gasteiger partial charge is 0.244 e. The van der Waals surface area contributed by atoms with Crippen LogP contribution in [-0.2, 0) is 11.3 Å². The molecule has 0 aliphatic carbocycles. The molecule has 0 spiro atoms. The highest BCUT2D eigenvalue weighted by Crippen LogP contribution is 2.39. The van der Waals surface area contributed by atoms with Gasteiger partial charge in [-0.1, -0.05) is 35.9 Å². The first-order chi connectivity index (χ1) is 13.1. The van der Waals surface area contributed by atoms with E-state index in [4.69, 9.17) is 16.0 Å². The van der Waals surface area contributed by atoms with Crippen molar-refractivity contribution in [2.45, 2.75) is 25.0 Å². The third-order valence-electron chi connectivity index (χ3n) is 5.51. The number of piperazine rings is 1. The maximum Gasteiger partial charge on any atom is 0.244 e. The average molecular weight is 381 g/mol. The van der Waals surface area contributed by atoms with Gasteiger partial charge in [-0.05, 0) is 30.7 Å². The van der Waals surface area contributed by atoms with E-state index in [9.17, 15) is 9.59 Å². The maximum absolute atomic E-state index is 12.9. The highest BCUT2D eigenvalue weighted by Gasteiger charge is 2.50. The summed E-state index contributed by atoms with van der Waals surface area (Å²) in [5.74, 6) is 0.0459. The van der Waals surface area contributed by atoms with Crippen molar-refractivity contribution >= 4 is 34.2 Å². The van der Waals surface area contributed by atoms with Crippen molar-refractivity contribution in [1.29, 1.82) is 0 Å². The van der Waals surface area contributed by atoms with Crippen LogP contribution in [0.2, 0.25) is 5.02 Å². The number of fused-ring (bicyclic) bond motifs is 3. The molecule has 2 aromatic carbocycles. The summed E-state index contributed by atoms with van der Waals surface area (Å²) in [5, 5.41) is 1.16. The number of carbonyl (C=O) groups excluding carboxylic acids is 1. The van der Waals surface area contributed by atoms with E-state index in [0.29, 0.717) is 34.6 Å². The number of benzene rings is 2. The predicted molar refractivity (Wildman–Crippen MR) is 104 cm³/mol. The minimum atomic E-state index is -0.225. The number of hydrogen-bond donors (Lipinski definition) is 0. The number of para-hydroxylation sites is 2. The zero-order valence-electron chi connectivity index (χ0n) is 14.5. The summed E-state index contributed by atoms with van der Waals surface area (Å²) in [6.07, 6.45) is 2.27. The molecule has 2 atom stereocenters. The number of anilines is 1. The van der Waals surface area contributed by atoms with E-state index < -0.39 is 0 Å². The van der Waals surface area contributed by atoms with Crippen LogP contribution in [0.1, 0.15) is 12.0 Å². The molecule has 0 radical (unpaired) electrons. The van der Waals surface area contributed by atoms with Crippen LogP contribution in [0.15, 0.2) is 64.0 Å². The summed E-state index contributed by atoms with van der Waals surface area (Å²) in [7, 11) is 0. The molecule has 5 rings (SSSR count). The molecule has 5 nitrogen and oxygen atoms in total. The van der Waals surface area contributed by atoms with E-state index in [2.05, 4.69) is 4.90 Å². The van der Waals surface area contributed by atoms with Gasteiger partial charge in [-0.15, -0.1) is 0 Å². The maximum atomic E-state index is 12.9. The summed E-state index contributed by atoms with van der Waals surface area (Å²) in [5.41, 5.74) is 1.89. The Morgan fingerprint density at radius 1 is 1.07 bits per heavy atom. The topological polar surface area (TPSA) is 53.8 Å². The Balaban J connectivity index is 1.41. The van der Waals surface area contributed by atoms with E-state index in [-0.39, 0.29) is 23.4 Å². The molecule has 3 heterocycles. The number of halogens is 1. The monoisotopic (exact) mass is 380 g/mol. The number of nitrogens with zero attached hydrogens (tertiary/aromatic N) is 2. The molecule has 2 aliphatic rings. The normalized spacial score (nSPS) is 22.1. The molecule has 0 saturated carbocycles. The van der Waals surface area contributed by atoms with Crippen molar-refractivity contribution in [2.24, 2.45) is 0 Å². The molecule has 2 saturated heterocycles. The van der Waals surface area contributed by atoms with E-state index in [1.807, 2.05) is 35.2 Å². The first-order valence-electron chi connectivity index (χ1n) is 8.94. The highest BCUT2D eigenvalue weighted by atomic mass is 35.5. The van der Waals surface area contributed by atoms with Gasteiger partial charge < -0.3 is 9.32 Å². The summed E-state index contributed by atoms with van der Waals surface area (Å²) in [6, 6.07) is 14.5. The van der Waals surface area contributed by atoms with Crippen molar-refractivity contribution in [1.82, 2.24) is 4.90 Å². The quantitative estimate of drug-likeness (QED) is 0.698. The second kappa shape index (κ2) is 6.22. The highest BCUT2D eigenvalue weighted by molar-refractivity contribution is 6.34. The minimum Gasteiger partial charge on any atom is -0.464 e. The Morgan fingerprint density at radius 3 is 2.67 bits per heavy atom. The predicted octanol–water partition coefficient (Wildman–Crippen LogP) is 3.44. The van der Waals surface area contributed by atoms with Gasteiger partial charge >= 0.3 is 0 Å². The first kappa shape index (κ1) is 16.5. The lowest BCUT2D eigenvalue weighted by Crippen LogP contribution is -2.50. The van der Waals surface area contributed by atoms with Crippen LogP contribution in [0, 0.1) is 0 Å². The Labute approximate surface area is 160 Å². The lowest BCUT2D eigenvalue weighted by Gasteiger charge is -2.34. The van der Waals surface area contributed by atoms with E-state index in [1.165, 1.54) is 6.26 Å². The minimum absolute atomic E-state index is 0.0324. The molecule has 136 valence electrons. The van der Waals surface area contributed by atoms with Gasteiger partial charge in [-0.3, -0.25) is 14.5 Å². The van der Waals surface area contributed by atoms with Gasteiger partial charge in [0.2, 0.25) is 5.91 Å². The molecule has 27 heavy (non-hydrogen) atoms. The van der Waals surface area contributed by atoms with Crippen LogP contribution in [-0.4, -0.2) is 29.4 Å². The second-order valence-electron chi connectivity index (χ2n) is 7.08. The molecule has 3 aromatic rings. The third kappa shape index (κ3) is 2.58. The van der Waals surface area contributed by atoms with E-state index in [1.54, 1.807) is 18.2 Å². The summed E-state index contributed by atoms with van der Waals surface area (Å²) in [6.45, 7) is 1.13. The van der Waals surface area contributed by atoms with Gasteiger partial charge in [0.15, 0.2) is 5.43 Å². The zero-order chi connectivity index (χ0) is 18.5. The molecule has 2 fully saturated rings. The fraction of sp³-hybridized carbons (Fsp3) is 0.238. The van der Waals surface area contributed by atoms with Gasteiger partial charge in [0.1, 0.15) is 5.58 Å². The summed E-state index contributed by atoms with van der Waals surface area (Å²) < 4.78 is 5.61. The fourth-order valence-corrected chi connectivity index (χ4v) is 4.47. The Bertz CT molecular complexity index is 1110. The molecular weight excluding hydrogens is 364 g/mol. The number of rotatable bonds is 3. The van der Waals surface area contributed by atoms with Gasteiger partial charge in [0, 0.05) is 18.7 Å². The van der Waals surface area contributed by atoms with Gasteiger partial charge in [0.25, 0.3) is 0 Å².